The third-order valence-electron chi connectivity index (χ3n) is 7.37. The van der Waals surface area contributed by atoms with Crippen molar-refractivity contribution in [1.82, 2.24) is 4.90 Å². The largest absolute Gasteiger partial charge is 0.497 e. The van der Waals surface area contributed by atoms with Crippen LogP contribution >= 0.6 is 0 Å². The highest BCUT2D eigenvalue weighted by atomic mass is 16.5. The Bertz CT molecular complexity index is 852. The number of fused-ring (bicyclic) bond motifs is 1. The lowest BCUT2D eigenvalue weighted by Gasteiger charge is -2.56. The average molecular weight is 364 g/mol. The minimum atomic E-state index is -0.0479. The Kier molecular flexibility index (Phi) is 3.96. The Morgan fingerprint density at radius 3 is 2.22 bits per heavy atom. The summed E-state index contributed by atoms with van der Waals surface area (Å²) in [6, 6.07) is 12.6. The molecule has 4 aliphatic rings. The number of ether oxygens (including phenoxy) is 1. The van der Waals surface area contributed by atoms with E-state index < -0.39 is 0 Å². The van der Waals surface area contributed by atoms with Crippen molar-refractivity contribution in [3.63, 3.8) is 0 Å². The van der Waals surface area contributed by atoms with Gasteiger partial charge < -0.3 is 9.64 Å². The van der Waals surface area contributed by atoms with Crippen molar-refractivity contribution in [2.45, 2.75) is 45.1 Å². The van der Waals surface area contributed by atoms with E-state index in [-0.39, 0.29) is 5.41 Å². The van der Waals surface area contributed by atoms with Gasteiger partial charge in [0.25, 0.3) is 0 Å². The maximum atomic E-state index is 13.5. The van der Waals surface area contributed by atoms with Crippen LogP contribution in [0.25, 0.3) is 10.8 Å². The highest BCUT2D eigenvalue weighted by Crippen LogP contribution is 2.60. The Labute approximate surface area is 161 Å². The Hall–Kier alpha value is -2.03. The van der Waals surface area contributed by atoms with Gasteiger partial charge in [0, 0.05) is 13.6 Å². The van der Waals surface area contributed by atoms with Crippen molar-refractivity contribution in [3.05, 3.63) is 42.0 Å². The summed E-state index contributed by atoms with van der Waals surface area (Å²) in [6.07, 6.45) is 7.55. The molecule has 27 heavy (non-hydrogen) atoms. The summed E-state index contributed by atoms with van der Waals surface area (Å²) in [5.74, 6) is 3.71. The molecule has 2 aromatic rings. The molecule has 4 fully saturated rings. The van der Waals surface area contributed by atoms with Crippen LogP contribution in [-0.4, -0.2) is 25.0 Å². The standard InChI is InChI=1S/C24H29NO2/c1-25(15-16-3-4-21-11-22(27-2)6-5-20(21)10-16)23(26)24-12-17-7-18(13-24)9-19(8-17)14-24/h3-6,10-11,17-19H,7-9,12-15H2,1-2H3. The molecule has 2 aromatic carbocycles. The Balaban J connectivity index is 1.35. The first-order valence-corrected chi connectivity index (χ1v) is 10.4. The van der Waals surface area contributed by atoms with Crippen LogP contribution in [0.1, 0.15) is 44.1 Å². The fourth-order valence-electron chi connectivity index (χ4n) is 6.62. The zero-order valence-electron chi connectivity index (χ0n) is 16.4. The first-order chi connectivity index (χ1) is 13.0. The SMILES string of the molecule is COc1ccc2cc(CN(C)C(=O)C34CC5CC(CC(C5)C3)C4)ccc2c1. The fourth-order valence-corrected chi connectivity index (χ4v) is 6.62. The second-order valence-corrected chi connectivity index (χ2v) is 9.41. The van der Waals surface area contributed by atoms with Crippen molar-refractivity contribution in [2.24, 2.45) is 23.2 Å². The lowest BCUT2D eigenvalue weighted by molar-refractivity contribution is -0.156. The molecule has 4 aliphatic carbocycles. The third kappa shape index (κ3) is 2.92. The van der Waals surface area contributed by atoms with Crippen LogP contribution in [0.5, 0.6) is 5.75 Å². The highest BCUT2D eigenvalue weighted by Gasteiger charge is 2.55. The molecule has 0 heterocycles. The first kappa shape index (κ1) is 17.1. The van der Waals surface area contributed by atoms with E-state index in [0.29, 0.717) is 12.5 Å². The number of hydrogen-bond acceptors (Lipinski definition) is 2. The van der Waals surface area contributed by atoms with E-state index in [1.807, 2.05) is 18.0 Å². The van der Waals surface area contributed by atoms with E-state index >= 15 is 0 Å². The topological polar surface area (TPSA) is 29.5 Å². The minimum Gasteiger partial charge on any atom is -0.497 e. The molecule has 0 unspecified atom stereocenters. The van der Waals surface area contributed by atoms with Gasteiger partial charge >= 0.3 is 0 Å². The van der Waals surface area contributed by atoms with Crippen molar-refractivity contribution < 1.29 is 9.53 Å². The maximum Gasteiger partial charge on any atom is 0.228 e. The molecule has 1 amide bonds. The lowest BCUT2D eigenvalue weighted by Crippen LogP contribution is -2.53. The van der Waals surface area contributed by atoms with E-state index in [4.69, 9.17) is 4.74 Å². The Morgan fingerprint density at radius 2 is 1.59 bits per heavy atom. The normalized spacial score (nSPS) is 31.3. The second-order valence-electron chi connectivity index (χ2n) is 9.41. The summed E-state index contributed by atoms with van der Waals surface area (Å²) in [5, 5.41) is 2.37. The predicted octanol–water partition coefficient (Wildman–Crippen LogP) is 5.02. The lowest BCUT2D eigenvalue weighted by atomic mass is 9.49. The van der Waals surface area contributed by atoms with E-state index in [2.05, 4.69) is 30.3 Å². The van der Waals surface area contributed by atoms with Gasteiger partial charge in [0.05, 0.1) is 12.5 Å². The molecular weight excluding hydrogens is 334 g/mol. The van der Waals surface area contributed by atoms with Crippen LogP contribution in [0.2, 0.25) is 0 Å². The molecule has 0 radical (unpaired) electrons. The molecule has 142 valence electrons. The average Bonchev–Trinajstić information content (AvgIpc) is 2.65. The minimum absolute atomic E-state index is 0.0479. The van der Waals surface area contributed by atoms with Gasteiger partial charge in [-0.15, -0.1) is 0 Å². The summed E-state index contributed by atoms with van der Waals surface area (Å²) >= 11 is 0. The molecule has 0 aliphatic heterocycles. The highest BCUT2D eigenvalue weighted by molar-refractivity contribution is 5.85. The van der Waals surface area contributed by atoms with Crippen LogP contribution < -0.4 is 4.74 Å². The van der Waals surface area contributed by atoms with Crippen molar-refractivity contribution >= 4 is 16.7 Å². The summed E-state index contributed by atoms with van der Waals surface area (Å²) < 4.78 is 5.31. The van der Waals surface area contributed by atoms with Crippen molar-refractivity contribution in [3.8, 4) is 5.75 Å². The maximum absolute atomic E-state index is 13.5. The molecule has 4 bridgehead atoms. The van der Waals surface area contributed by atoms with Crippen LogP contribution in [0.15, 0.2) is 36.4 Å². The van der Waals surface area contributed by atoms with E-state index in [9.17, 15) is 4.79 Å². The van der Waals surface area contributed by atoms with Crippen LogP contribution in [0, 0.1) is 23.2 Å². The van der Waals surface area contributed by atoms with Gasteiger partial charge in [0.15, 0.2) is 0 Å². The third-order valence-corrected chi connectivity index (χ3v) is 7.37. The fraction of sp³-hybridized carbons (Fsp3) is 0.542. The van der Waals surface area contributed by atoms with Crippen LogP contribution in [-0.2, 0) is 11.3 Å². The van der Waals surface area contributed by atoms with Gasteiger partial charge in [0.1, 0.15) is 5.75 Å². The number of benzene rings is 2. The zero-order chi connectivity index (χ0) is 18.6. The molecular formula is C24H29NO2. The van der Waals surface area contributed by atoms with E-state index in [1.54, 1.807) is 7.11 Å². The zero-order valence-corrected chi connectivity index (χ0v) is 16.4. The van der Waals surface area contributed by atoms with Crippen LogP contribution in [0.3, 0.4) is 0 Å². The van der Waals surface area contributed by atoms with Crippen molar-refractivity contribution in [2.75, 3.05) is 14.2 Å². The summed E-state index contributed by atoms with van der Waals surface area (Å²) in [6.45, 7) is 0.697. The molecule has 6 rings (SSSR count). The summed E-state index contributed by atoms with van der Waals surface area (Å²) in [4.78, 5) is 15.5. The van der Waals surface area contributed by atoms with Crippen LogP contribution in [0.4, 0.5) is 0 Å². The van der Waals surface area contributed by atoms with E-state index in [1.165, 1.54) is 35.6 Å². The number of hydrogen-bond donors (Lipinski definition) is 0. The molecule has 3 heteroatoms. The van der Waals surface area contributed by atoms with Gasteiger partial charge in [-0.25, -0.2) is 0 Å². The molecule has 4 saturated carbocycles. The molecule has 0 atom stereocenters. The van der Waals surface area contributed by atoms with Gasteiger partial charge in [-0.05, 0) is 90.8 Å². The van der Waals surface area contributed by atoms with Gasteiger partial charge in [0.2, 0.25) is 5.91 Å². The molecule has 0 saturated heterocycles. The van der Waals surface area contributed by atoms with Crippen molar-refractivity contribution in [1.29, 1.82) is 0 Å². The van der Waals surface area contributed by atoms with Gasteiger partial charge in [-0.3, -0.25) is 4.79 Å². The Morgan fingerprint density at radius 1 is 1.00 bits per heavy atom. The van der Waals surface area contributed by atoms with Gasteiger partial charge in [-0.2, -0.15) is 0 Å². The second kappa shape index (κ2) is 6.25. The smallest absolute Gasteiger partial charge is 0.228 e. The van der Waals surface area contributed by atoms with E-state index in [0.717, 1.165) is 42.8 Å². The number of nitrogens with zero attached hydrogens (tertiary/aromatic N) is 1. The molecule has 0 spiro atoms. The molecule has 3 nitrogen and oxygen atoms in total. The molecule has 0 aromatic heterocycles. The number of rotatable bonds is 4. The summed E-state index contributed by atoms with van der Waals surface area (Å²) in [5.41, 5.74) is 1.15. The first-order valence-electron chi connectivity index (χ1n) is 10.4. The quantitative estimate of drug-likeness (QED) is 0.763. The van der Waals surface area contributed by atoms with Gasteiger partial charge in [-0.1, -0.05) is 18.2 Å². The monoisotopic (exact) mass is 363 g/mol. The number of carbonyl (C=O) groups is 1. The number of carbonyl (C=O) groups excluding carboxylic acids is 1. The number of amides is 1. The predicted molar refractivity (Wildman–Crippen MR) is 108 cm³/mol. The summed E-state index contributed by atoms with van der Waals surface area (Å²) in [7, 11) is 3.69. The number of methoxy groups -OCH3 is 1. The molecule has 0 N–H and O–H groups in total.